The van der Waals surface area contributed by atoms with Crippen LogP contribution < -0.4 is 10.6 Å². The first-order chi connectivity index (χ1) is 7.27. The monoisotopic (exact) mass is 208 g/mol. The standard InChI is InChI=1S/C10H16N4O/c1-7-5-12-14-9(7)13-10(15)8-3-2-4-11-6-8/h5,8,11H,2-4,6H2,1H3,(H2,12,13,14,15)/t8-/m0/s1. The third kappa shape index (κ3) is 2.36. The summed E-state index contributed by atoms with van der Waals surface area (Å²) in [6.45, 7) is 3.71. The van der Waals surface area contributed by atoms with Gasteiger partial charge in [0.05, 0.1) is 12.1 Å². The maximum Gasteiger partial charge on any atom is 0.229 e. The van der Waals surface area contributed by atoms with Gasteiger partial charge in [0.1, 0.15) is 5.82 Å². The number of hydrogen-bond acceptors (Lipinski definition) is 3. The van der Waals surface area contributed by atoms with Gasteiger partial charge in [-0.1, -0.05) is 0 Å². The van der Waals surface area contributed by atoms with Gasteiger partial charge in [0.2, 0.25) is 5.91 Å². The van der Waals surface area contributed by atoms with Crippen molar-refractivity contribution >= 4 is 11.7 Å². The van der Waals surface area contributed by atoms with Gasteiger partial charge >= 0.3 is 0 Å². The van der Waals surface area contributed by atoms with Crippen molar-refractivity contribution in [1.82, 2.24) is 15.5 Å². The second kappa shape index (κ2) is 4.44. The van der Waals surface area contributed by atoms with Crippen molar-refractivity contribution in [2.75, 3.05) is 18.4 Å². The number of aryl methyl sites for hydroxylation is 1. The number of hydrogen-bond donors (Lipinski definition) is 3. The Kier molecular flexibility index (Phi) is 3.01. The summed E-state index contributed by atoms with van der Waals surface area (Å²) in [5, 5.41) is 12.7. The number of rotatable bonds is 2. The van der Waals surface area contributed by atoms with Crippen LogP contribution in [0.3, 0.4) is 0 Å². The molecule has 15 heavy (non-hydrogen) atoms. The van der Waals surface area contributed by atoms with Gasteiger partial charge in [0.15, 0.2) is 0 Å². The van der Waals surface area contributed by atoms with Gasteiger partial charge in [-0.3, -0.25) is 9.89 Å². The lowest BCUT2D eigenvalue weighted by Gasteiger charge is -2.21. The van der Waals surface area contributed by atoms with Crippen LogP contribution in [0.1, 0.15) is 18.4 Å². The maximum atomic E-state index is 11.8. The number of carbonyl (C=O) groups is 1. The molecule has 1 aliphatic rings. The van der Waals surface area contributed by atoms with E-state index in [0.29, 0.717) is 5.82 Å². The van der Waals surface area contributed by atoms with E-state index in [4.69, 9.17) is 0 Å². The molecule has 0 saturated carbocycles. The van der Waals surface area contributed by atoms with E-state index in [0.717, 1.165) is 31.5 Å². The van der Waals surface area contributed by atoms with Crippen LogP contribution in [0.2, 0.25) is 0 Å². The Labute approximate surface area is 88.6 Å². The fraction of sp³-hybridized carbons (Fsp3) is 0.600. The second-order valence-electron chi connectivity index (χ2n) is 3.96. The summed E-state index contributed by atoms with van der Waals surface area (Å²) in [7, 11) is 0. The largest absolute Gasteiger partial charge is 0.316 e. The predicted molar refractivity (Wildman–Crippen MR) is 57.5 cm³/mol. The van der Waals surface area contributed by atoms with Crippen molar-refractivity contribution < 1.29 is 4.79 Å². The fourth-order valence-electron chi connectivity index (χ4n) is 1.77. The first-order valence-electron chi connectivity index (χ1n) is 5.29. The molecule has 5 nitrogen and oxygen atoms in total. The third-order valence-corrected chi connectivity index (χ3v) is 2.74. The molecule has 0 aromatic carbocycles. The van der Waals surface area contributed by atoms with E-state index in [1.54, 1.807) is 6.20 Å². The summed E-state index contributed by atoms with van der Waals surface area (Å²) >= 11 is 0. The average molecular weight is 208 g/mol. The first-order valence-corrected chi connectivity index (χ1v) is 5.29. The Morgan fingerprint density at radius 2 is 2.53 bits per heavy atom. The van der Waals surface area contributed by atoms with Crippen LogP contribution in [0, 0.1) is 12.8 Å². The lowest BCUT2D eigenvalue weighted by Crippen LogP contribution is -2.37. The van der Waals surface area contributed by atoms with Gasteiger partial charge in [-0.2, -0.15) is 5.10 Å². The first kappa shape index (κ1) is 10.2. The Balaban J connectivity index is 1.94. The zero-order valence-corrected chi connectivity index (χ0v) is 8.84. The molecule has 1 aromatic heterocycles. The van der Waals surface area contributed by atoms with E-state index < -0.39 is 0 Å². The van der Waals surface area contributed by atoms with E-state index in [1.165, 1.54) is 0 Å². The number of H-pyrrole nitrogens is 1. The lowest BCUT2D eigenvalue weighted by atomic mass is 9.99. The highest BCUT2D eigenvalue weighted by atomic mass is 16.2. The van der Waals surface area contributed by atoms with Gasteiger partial charge in [-0.15, -0.1) is 0 Å². The number of aromatic amines is 1. The highest BCUT2D eigenvalue weighted by Gasteiger charge is 2.21. The molecule has 0 radical (unpaired) electrons. The Morgan fingerprint density at radius 1 is 1.67 bits per heavy atom. The van der Waals surface area contributed by atoms with Crippen molar-refractivity contribution in [3.63, 3.8) is 0 Å². The van der Waals surface area contributed by atoms with Gasteiger partial charge < -0.3 is 10.6 Å². The minimum Gasteiger partial charge on any atom is -0.316 e. The molecule has 1 aliphatic heterocycles. The van der Waals surface area contributed by atoms with E-state index in [9.17, 15) is 4.79 Å². The number of carbonyl (C=O) groups excluding carboxylic acids is 1. The highest BCUT2D eigenvalue weighted by Crippen LogP contribution is 2.14. The average Bonchev–Trinajstić information content (AvgIpc) is 2.66. The van der Waals surface area contributed by atoms with E-state index in [2.05, 4.69) is 20.8 Å². The Morgan fingerprint density at radius 3 is 3.13 bits per heavy atom. The number of piperidine rings is 1. The van der Waals surface area contributed by atoms with Crippen LogP contribution in [-0.4, -0.2) is 29.2 Å². The summed E-state index contributed by atoms with van der Waals surface area (Å²) < 4.78 is 0. The van der Waals surface area contributed by atoms with Gasteiger partial charge in [0.25, 0.3) is 0 Å². The normalized spacial score (nSPS) is 21.3. The molecule has 0 aliphatic carbocycles. The van der Waals surface area contributed by atoms with Crippen molar-refractivity contribution in [2.45, 2.75) is 19.8 Å². The molecule has 1 atom stereocenters. The molecule has 2 rings (SSSR count). The second-order valence-corrected chi connectivity index (χ2v) is 3.96. The van der Waals surface area contributed by atoms with E-state index >= 15 is 0 Å². The number of amides is 1. The fourth-order valence-corrected chi connectivity index (χ4v) is 1.77. The Hall–Kier alpha value is -1.36. The number of aromatic nitrogens is 2. The number of nitrogens with one attached hydrogen (secondary N) is 3. The van der Waals surface area contributed by atoms with Gasteiger partial charge in [0, 0.05) is 12.1 Å². The molecule has 2 heterocycles. The summed E-state index contributed by atoms with van der Waals surface area (Å²) in [6, 6.07) is 0. The maximum absolute atomic E-state index is 11.8. The molecular weight excluding hydrogens is 192 g/mol. The predicted octanol–water partition coefficient (Wildman–Crippen LogP) is 0.656. The summed E-state index contributed by atoms with van der Waals surface area (Å²) in [5.74, 6) is 0.876. The molecular formula is C10H16N4O. The van der Waals surface area contributed by atoms with Crippen molar-refractivity contribution in [1.29, 1.82) is 0 Å². The zero-order chi connectivity index (χ0) is 10.7. The molecule has 1 saturated heterocycles. The quantitative estimate of drug-likeness (QED) is 0.668. The smallest absolute Gasteiger partial charge is 0.229 e. The summed E-state index contributed by atoms with van der Waals surface area (Å²) in [6.07, 6.45) is 3.74. The van der Waals surface area contributed by atoms with E-state index in [1.807, 2.05) is 6.92 Å². The van der Waals surface area contributed by atoms with Crippen LogP contribution in [-0.2, 0) is 4.79 Å². The minimum atomic E-state index is 0.0783. The summed E-state index contributed by atoms with van der Waals surface area (Å²) in [5.41, 5.74) is 0.965. The van der Waals surface area contributed by atoms with Crippen molar-refractivity contribution in [2.24, 2.45) is 5.92 Å². The third-order valence-electron chi connectivity index (χ3n) is 2.74. The molecule has 1 aromatic rings. The van der Waals surface area contributed by atoms with E-state index in [-0.39, 0.29) is 11.8 Å². The topological polar surface area (TPSA) is 69.8 Å². The lowest BCUT2D eigenvalue weighted by molar-refractivity contribution is -0.120. The molecule has 0 bridgehead atoms. The summed E-state index contributed by atoms with van der Waals surface area (Å²) in [4.78, 5) is 11.8. The van der Waals surface area contributed by atoms with Crippen molar-refractivity contribution in [3.8, 4) is 0 Å². The van der Waals surface area contributed by atoms with Gasteiger partial charge in [-0.25, -0.2) is 0 Å². The number of anilines is 1. The van der Waals surface area contributed by atoms with Crippen LogP contribution >= 0.6 is 0 Å². The van der Waals surface area contributed by atoms with Gasteiger partial charge in [-0.05, 0) is 26.3 Å². The number of nitrogens with zero attached hydrogens (tertiary/aromatic N) is 1. The minimum absolute atomic E-state index is 0.0783. The molecule has 82 valence electrons. The van der Waals surface area contributed by atoms with Crippen LogP contribution in [0.15, 0.2) is 6.20 Å². The van der Waals surface area contributed by atoms with Crippen LogP contribution in [0.4, 0.5) is 5.82 Å². The molecule has 5 heteroatoms. The molecule has 0 unspecified atom stereocenters. The molecule has 1 fully saturated rings. The molecule has 0 spiro atoms. The van der Waals surface area contributed by atoms with Crippen LogP contribution in [0.5, 0.6) is 0 Å². The molecule has 1 amide bonds. The van der Waals surface area contributed by atoms with Crippen LogP contribution in [0.25, 0.3) is 0 Å². The Bertz CT molecular complexity index is 341. The highest BCUT2D eigenvalue weighted by molar-refractivity contribution is 5.92. The van der Waals surface area contributed by atoms with Crippen molar-refractivity contribution in [3.05, 3.63) is 11.8 Å². The zero-order valence-electron chi connectivity index (χ0n) is 8.84. The SMILES string of the molecule is Cc1cn[nH]c1NC(=O)[C@H]1CCCNC1. The molecule has 3 N–H and O–H groups in total.